The molecule has 16 rings (SSSR count). The largest absolute Gasteiger partial charge is 1.00 e. The minimum absolute atomic E-state index is 0. The third-order valence-electron chi connectivity index (χ3n) is 25.3. The molecule has 8 aromatic carbocycles. The van der Waals surface area contributed by atoms with E-state index in [1.807, 2.05) is 121 Å². The van der Waals surface area contributed by atoms with E-state index in [1.165, 1.54) is 21.3 Å². The monoisotopic (exact) mass is 2180 g/mol. The summed E-state index contributed by atoms with van der Waals surface area (Å²) in [5, 5.41) is 58.7. The van der Waals surface area contributed by atoms with Crippen LogP contribution in [0.1, 0.15) is 167 Å². The number of amides is 3. The molecule has 148 heavy (non-hydrogen) atoms. The van der Waals surface area contributed by atoms with Gasteiger partial charge in [0.05, 0.1) is 117 Å². The molecule has 12 N–H and O–H groups in total. The molecule has 0 saturated heterocycles. The number of nitrogens with zero attached hydrogens (tertiary/aromatic N) is 6. The number of aromatic nitrogens is 4. The maximum Gasteiger partial charge on any atom is 1.00 e. The van der Waals surface area contributed by atoms with Gasteiger partial charge in [-0.1, -0.05) is 259 Å². The van der Waals surface area contributed by atoms with Crippen LogP contribution in [0.3, 0.4) is 0 Å². The number of carbonyl (C=O) groups excluding carboxylic acids is 6. The molecule has 4 atom stereocenters. The van der Waals surface area contributed by atoms with Gasteiger partial charge in [-0.25, -0.2) is 39.1 Å². The van der Waals surface area contributed by atoms with Crippen LogP contribution in [0.4, 0.5) is 0 Å². The Morgan fingerprint density at radius 1 is 0.372 bits per heavy atom. The molecular formula is C109H115Cl8N12NaO18-2. The number of methoxy groups -OCH3 is 3. The number of aliphatic imine (C=N–C) groups is 2. The molecule has 4 saturated carbocycles. The number of carbonyl (C=O) groups is 8. The number of aliphatic carboxylic acids is 2. The van der Waals surface area contributed by atoms with E-state index in [9.17, 15) is 53.7 Å². The second-order valence-electron chi connectivity index (χ2n) is 38.4. The van der Waals surface area contributed by atoms with Crippen LogP contribution in [0.25, 0.3) is 88.6 Å². The van der Waals surface area contributed by atoms with Crippen molar-refractivity contribution in [2.45, 2.75) is 227 Å². The molecule has 4 aromatic heterocycles. The smallest absolute Gasteiger partial charge is 0.870 e. The Hall–Kier alpha value is -11.1. The second-order valence-corrected chi connectivity index (χ2v) is 41.6. The van der Waals surface area contributed by atoms with E-state index in [4.69, 9.17) is 144 Å². The molecule has 4 aliphatic carbocycles. The number of pyridine rings is 4. The van der Waals surface area contributed by atoms with E-state index in [2.05, 4.69) is 40.6 Å². The van der Waals surface area contributed by atoms with Crippen LogP contribution in [-0.2, 0) is 87.7 Å². The molecule has 0 spiro atoms. The van der Waals surface area contributed by atoms with Crippen LogP contribution in [-0.4, -0.2) is 174 Å². The van der Waals surface area contributed by atoms with Gasteiger partial charge in [0, 0.05) is 74.3 Å². The molecule has 3 amide bonds. The first-order valence-corrected chi connectivity index (χ1v) is 50.5. The number of esters is 3. The van der Waals surface area contributed by atoms with E-state index in [-0.39, 0.29) is 60.2 Å². The zero-order valence-electron chi connectivity index (χ0n) is 83.3. The summed E-state index contributed by atoms with van der Waals surface area (Å²) in [6.45, 7) is 10.4. The van der Waals surface area contributed by atoms with Gasteiger partial charge in [-0.3, -0.25) is 29.2 Å². The number of benzene rings is 8. The van der Waals surface area contributed by atoms with Crippen molar-refractivity contribution in [1.29, 1.82) is 0 Å². The van der Waals surface area contributed by atoms with Gasteiger partial charge in [0.25, 0.3) is 0 Å². The minimum atomic E-state index is -1.28. The average molecular weight is 2190 g/mol. The van der Waals surface area contributed by atoms with E-state index < -0.39 is 111 Å². The van der Waals surface area contributed by atoms with E-state index >= 15 is 0 Å². The van der Waals surface area contributed by atoms with Crippen LogP contribution in [0, 0.1) is 0 Å². The standard InChI is InChI=1S/C30H33Cl2N3O5.C25H25Cl2N3O3.C24H23Cl2N3O3.C19H16Cl2N2O2.C11H19NO4.Na.H2O/c1-29(2,3)40-28(38)35-30(14-5-6-15-30)27(37)34-24(26(36)39-4)17-18-10-12-22-19(16-18)11-13-23(33-22)25-20(31)8-7-9-21(25)32;1-33-23(31)21(30-24(32)25(28)11-2-3-12-25)14-15-7-9-19-16(13-15)8-10-20(29-19)22-17(26)5-4-6-18(22)27;25-16-4-3-5-17(26)21(16)19-9-7-15-12-14(6-8-18(15)28-19)13-20(22(30)31)29-23(32)24(27)10-1-2-11-24;1-25-19(24)15(22)10-11-5-7-16-12(9-11)6-8-17(23-16)18-13(20)3-2-4-14(18)21;1-10(2,3)16-9(15)12-11(8(13)14)6-4-5-7-11;;/h7-13,16,24H,5-6,14-15,17H2,1-4H3,(H,34,37)(H,35,38);4-10,13,21H,2-3,11-12,14,28H2,1H3,(H,30,32);3-9,12,20H,1-2,10-11,13,27H2,(H,29,32)(H,30,31);2-9,15H,10,22H2,1H3;4-7H2,1-3H3,(H,12,15)(H,13,14);;1H2/q;;;;;+1;/p-3. The van der Waals surface area contributed by atoms with Gasteiger partial charge in [0.1, 0.15) is 41.9 Å². The van der Waals surface area contributed by atoms with E-state index in [1.54, 1.807) is 114 Å². The number of ether oxygens (including phenoxy) is 5. The Bertz CT molecular complexity index is 6830. The quantitative estimate of drug-likeness (QED) is 0.00866. The number of carboxylic acids is 2. The zero-order chi connectivity index (χ0) is 106. The molecule has 4 unspecified atom stereocenters. The summed E-state index contributed by atoms with van der Waals surface area (Å²) >= 11 is 50.5. The van der Waals surface area contributed by atoms with Crippen molar-refractivity contribution < 1.29 is 118 Å². The maximum atomic E-state index is 13.5. The number of carboxylic acid groups (broad SMARTS) is 2. The minimum Gasteiger partial charge on any atom is -0.870 e. The summed E-state index contributed by atoms with van der Waals surface area (Å²) in [7, 11) is 3.90. The first-order valence-electron chi connectivity index (χ1n) is 47.5. The van der Waals surface area contributed by atoms with Crippen molar-refractivity contribution in [3.63, 3.8) is 0 Å². The Labute approximate surface area is 919 Å². The molecule has 4 aliphatic rings. The third kappa shape index (κ3) is 31.1. The molecule has 12 aromatic rings. The summed E-state index contributed by atoms with van der Waals surface area (Å²) in [5.74, 6) is -4.85. The van der Waals surface area contributed by atoms with Crippen LogP contribution in [0.15, 0.2) is 204 Å². The Morgan fingerprint density at radius 3 is 0.892 bits per heavy atom. The maximum absolute atomic E-state index is 13.5. The number of nitrogens with two attached hydrogens (primary N) is 3. The predicted octanol–water partition coefficient (Wildman–Crippen LogP) is 16.5. The summed E-state index contributed by atoms with van der Waals surface area (Å²) in [4.78, 5) is 125. The molecule has 0 radical (unpaired) electrons. The van der Waals surface area contributed by atoms with Crippen molar-refractivity contribution in [1.82, 2.24) is 35.9 Å². The molecule has 4 heterocycles. The Balaban J connectivity index is 0.000000193. The second kappa shape index (κ2) is 52.5. The number of halogens is 8. The van der Waals surface area contributed by atoms with Crippen LogP contribution < -0.4 is 72.9 Å². The van der Waals surface area contributed by atoms with Gasteiger partial charge in [0.15, 0.2) is 5.54 Å². The molecule has 778 valence electrons. The fourth-order valence-electron chi connectivity index (χ4n) is 17.8. The van der Waals surface area contributed by atoms with Gasteiger partial charge in [-0.2, -0.15) is 0 Å². The third-order valence-corrected chi connectivity index (χ3v) is 27.9. The molecular weight excluding hydrogens is 2070 g/mol. The number of fused-ring (bicyclic) bond motifs is 4. The van der Waals surface area contributed by atoms with Gasteiger partial charge >= 0.3 is 59.4 Å². The molecule has 0 aliphatic heterocycles. The normalized spacial score (nSPS) is 15.6. The van der Waals surface area contributed by atoms with Gasteiger partial charge in [0.2, 0.25) is 17.7 Å². The van der Waals surface area contributed by atoms with Crippen molar-refractivity contribution >= 4 is 196 Å². The molecule has 0 bridgehead atoms. The molecule has 30 nitrogen and oxygen atoms in total. The number of nitrogens with one attached hydrogen (secondary N) is 3. The first-order chi connectivity index (χ1) is 69.2. The predicted molar refractivity (Wildman–Crippen MR) is 570 cm³/mol. The van der Waals surface area contributed by atoms with Crippen LogP contribution >= 0.6 is 92.8 Å². The number of hydrogen-bond donors (Lipinski definition) is 8. The Kier molecular flexibility index (Phi) is 42.2. The number of rotatable bonds is 25. The van der Waals surface area contributed by atoms with E-state index in [0.29, 0.717) is 143 Å². The fraction of sp³-hybridized carbons (Fsp3) is 0.358. The van der Waals surface area contributed by atoms with Crippen LogP contribution in [0.5, 0.6) is 0 Å². The summed E-state index contributed by atoms with van der Waals surface area (Å²) in [5.41, 5.74) is 24.2. The average Bonchev–Trinajstić information content (AvgIpc) is 1.29. The summed E-state index contributed by atoms with van der Waals surface area (Å²) < 4.78 is 24.9. The van der Waals surface area contributed by atoms with E-state index in [0.717, 1.165) is 117 Å². The van der Waals surface area contributed by atoms with Crippen LogP contribution in [0.2, 0.25) is 40.2 Å². The Morgan fingerprint density at radius 2 is 0.622 bits per heavy atom. The topological polar surface area (TPSA) is 490 Å². The van der Waals surface area contributed by atoms with Crippen molar-refractivity contribution in [2.75, 3.05) is 21.3 Å². The molecule has 4 fully saturated rings. The molecule has 39 heteroatoms. The first kappa shape index (κ1) is 119. The summed E-state index contributed by atoms with van der Waals surface area (Å²) in [6.07, 6.45) is 10.1. The fourth-order valence-corrected chi connectivity index (χ4v) is 20.1. The van der Waals surface area contributed by atoms with Gasteiger partial charge in [-0.05, 0) is 201 Å². The van der Waals surface area contributed by atoms with Crippen molar-refractivity contribution in [3.05, 3.63) is 257 Å². The van der Waals surface area contributed by atoms with Gasteiger partial charge in [-0.15, -0.1) is 0 Å². The SMILES string of the molecule is CC(C)(C)OC([O-])=NC1(C(=O)O)CCCC1.COC(=O)C(Cc1ccc2nc(-c3c(Cl)cccc3Cl)ccc2c1)NC(=O)C1(N)CCCC1.COC(=O)C(Cc1ccc2nc(-c3c(Cl)cccc3Cl)ccc2c1)NC(=O)C1(N=C([O-])OC(C)(C)C)CCCC1.COC(=O)C(N)Cc1ccc2nc(-c3c(Cl)cccc3Cl)ccc2c1.NC1(C(=O)NC(Cc2ccc3nc(-c4c(Cl)cccc4Cl)ccc3c2)C(=O)O)CCCC1.[Na+].[OH-]. The number of hydrogen-bond acceptors (Lipinski definition) is 25. The van der Waals surface area contributed by atoms with Crippen molar-refractivity contribution in [2.24, 2.45) is 27.2 Å². The summed E-state index contributed by atoms with van der Waals surface area (Å²) in [6, 6.07) is 55.3. The van der Waals surface area contributed by atoms with Crippen molar-refractivity contribution in [3.8, 4) is 45.0 Å². The van der Waals surface area contributed by atoms with Gasteiger partial charge < -0.3 is 82.7 Å². The zero-order valence-corrected chi connectivity index (χ0v) is 91.4.